The van der Waals surface area contributed by atoms with Gasteiger partial charge in [0.05, 0.1) is 0 Å². The summed E-state index contributed by atoms with van der Waals surface area (Å²) in [7, 11) is 0. The maximum Gasteiger partial charge on any atom is 0.0230 e. The van der Waals surface area contributed by atoms with Gasteiger partial charge in [0.2, 0.25) is 0 Å². The van der Waals surface area contributed by atoms with Crippen LogP contribution in [0.3, 0.4) is 0 Å². The van der Waals surface area contributed by atoms with E-state index in [-0.39, 0.29) is 0 Å². The van der Waals surface area contributed by atoms with Gasteiger partial charge >= 0.3 is 0 Å². The van der Waals surface area contributed by atoms with Crippen LogP contribution in [0.25, 0.3) is 0 Å². The molecule has 16 heavy (non-hydrogen) atoms. The van der Waals surface area contributed by atoms with Crippen LogP contribution < -0.4 is 0 Å². The van der Waals surface area contributed by atoms with E-state index in [1.54, 1.807) is 0 Å². The zero-order valence-electron chi connectivity index (χ0n) is 11.1. The van der Waals surface area contributed by atoms with Crippen molar-refractivity contribution in [2.24, 2.45) is 0 Å². The molecular weight excluding hydrogens is 196 g/mol. The first kappa shape index (κ1) is 13.5. The summed E-state index contributed by atoms with van der Waals surface area (Å²) in [6, 6.07) is 0. The minimum Gasteiger partial charge on any atom is -0.302 e. The van der Waals surface area contributed by atoms with E-state index in [4.69, 9.17) is 0 Å². The Balaban J connectivity index is 2.43. The van der Waals surface area contributed by atoms with E-state index in [9.17, 15) is 0 Å². The van der Waals surface area contributed by atoms with Gasteiger partial charge in [-0.15, -0.1) is 0 Å². The average Bonchev–Trinajstić information content (AvgIpc) is 2.53. The molecule has 1 heterocycles. The zero-order valence-corrected chi connectivity index (χ0v) is 11.1. The first-order chi connectivity index (χ1) is 7.80. The van der Waals surface area contributed by atoms with Crippen LogP contribution in [0.1, 0.15) is 27.2 Å². The van der Waals surface area contributed by atoms with Crippen molar-refractivity contribution in [3.8, 4) is 0 Å². The van der Waals surface area contributed by atoms with E-state index >= 15 is 0 Å². The Morgan fingerprint density at radius 3 is 2.38 bits per heavy atom. The highest BCUT2D eigenvalue weighted by Crippen LogP contribution is 2.07. The molecule has 2 nitrogen and oxygen atoms in total. The highest BCUT2D eigenvalue weighted by Gasteiger charge is 2.13. The summed E-state index contributed by atoms with van der Waals surface area (Å²) in [6.07, 6.45) is 7.89. The molecule has 0 unspecified atom stereocenters. The van der Waals surface area contributed by atoms with Crippen LogP contribution in [0, 0.1) is 0 Å². The second-order valence-electron chi connectivity index (χ2n) is 4.43. The minimum atomic E-state index is 1.11. The summed E-state index contributed by atoms with van der Waals surface area (Å²) in [6.45, 7) is 13.7. The van der Waals surface area contributed by atoms with Crippen molar-refractivity contribution in [1.82, 2.24) is 9.80 Å². The summed E-state index contributed by atoms with van der Waals surface area (Å²) in [4.78, 5) is 5.12. The molecule has 92 valence electrons. The number of allylic oxidation sites excluding steroid dienone is 2. The van der Waals surface area contributed by atoms with Crippen LogP contribution in [-0.4, -0.2) is 49.1 Å². The first-order valence-corrected chi connectivity index (χ1v) is 6.52. The number of rotatable bonds is 4. The summed E-state index contributed by atoms with van der Waals surface area (Å²) in [5.74, 6) is 0. The lowest BCUT2D eigenvalue weighted by Gasteiger charge is -2.21. The third-order valence-corrected chi connectivity index (χ3v) is 3.29. The summed E-state index contributed by atoms with van der Waals surface area (Å²) < 4.78 is 0. The predicted molar refractivity (Wildman–Crippen MR) is 71.7 cm³/mol. The lowest BCUT2D eigenvalue weighted by molar-refractivity contribution is 0.276. The van der Waals surface area contributed by atoms with Crippen LogP contribution in [0.5, 0.6) is 0 Å². The number of nitrogens with zero attached hydrogens (tertiary/aromatic N) is 2. The number of hydrogen-bond acceptors (Lipinski definition) is 2. The molecule has 0 aliphatic carbocycles. The molecule has 1 aliphatic heterocycles. The van der Waals surface area contributed by atoms with Gasteiger partial charge in [-0.05, 0) is 45.5 Å². The Morgan fingerprint density at radius 2 is 1.75 bits per heavy atom. The van der Waals surface area contributed by atoms with Gasteiger partial charge in [0, 0.05) is 19.6 Å². The molecule has 1 saturated heterocycles. The molecule has 0 bridgehead atoms. The normalized spacial score (nSPS) is 21.6. The molecule has 1 rings (SSSR count). The minimum absolute atomic E-state index is 1.11. The zero-order chi connectivity index (χ0) is 11.8. The quantitative estimate of drug-likeness (QED) is 0.674. The van der Waals surface area contributed by atoms with Crippen LogP contribution in [0.2, 0.25) is 0 Å². The van der Waals surface area contributed by atoms with Gasteiger partial charge in [-0.3, -0.25) is 4.90 Å². The Morgan fingerprint density at radius 1 is 1.06 bits per heavy atom. The topological polar surface area (TPSA) is 6.48 Å². The van der Waals surface area contributed by atoms with Crippen LogP contribution in [0.15, 0.2) is 23.8 Å². The molecule has 0 amide bonds. The highest BCUT2D eigenvalue weighted by atomic mass is 15.2. The van der Waals surface area contributed by atoms with Gasteiger partial charge in [-0.2, -0.15) is 0 Å². The number of likely N-dealkylation sites (N-methyl/N-ethyl adjacent to an activating group) is 1. The van der Waals surface area contributed by atoms with Gasteiger partial charge in [0.1, 0.15) is 0 Å². The molecule has 0 N–H and O–H groups in total. The van der Waals surface area contributed by atoms with E-state index in [0.29, 0.717) is 0 Å². The van der Waals surface area contributed by atoms with Gasteiger partial charge < -0.3 is 4.90 Å². The maximum atomic E-state index is 2.57. The second kappa shape index (κ2) is 7.64. The van der Waals surface area contributed by atoms with Crippen LogP contribution in [-0.2, 0) is 0 Å². The molecule has 0 spiro atoms. The van der Waals surface area contributed by atoms with Crippen molar-refractivity contribution < 1.29 is 0 Å². The van der Waals surface area contributed by atoms with E-state index in [1.807, 2.05) is 0 Å². The summed E-state index contributed by atoms with van der Waals surface area (Å²) in [5, 5.41) is 0. The van der Waals surface area contributed by atoms with Crippen molar-refractivity contribution in [2.45, 2.75) is 27.2 Å². The first-order valence-electron chi connectivity index (χ1n) is 6.52. The van der Waals surface area contributed by atoms with E-state index < -0.39 is 0 Å². The third-order valence-electron chi connectivity index (χ3n) is 3.29. The fraction of sp³-hybridized carbons (Fsp3) is 0.714. The lowest BCUT2D eigenvalue weighted by atomic mass is 10.2. The Hall–Kier alpha value is -0.600. The third kappa shape index (κ3) is 4.50. The maximum absolute atomic E-state index is 2.57. The SMILES string of the molecule is C/C=C\C(=C/C)CN1CCCN(CC)CC1. The average molecular weight is 222 g/mol. The highest BCUT2D eigenvalue weighted by molar-refractivity contribution is 5.19. The Kier molecular flexibility index (Phi) is 6.43. The molecule has 1 fully saturated rings. The van der Waals surface area contributed by atoms with Crippen LogP contribution >= 0.6 is 0 Å². The van der Waals surface area contributed by atoms with Crippen molar-refractivity contribution >= 4 is 0 Å². The molecule has 0 radical (unpaired) electrons. The largest absolute Gasteiger partial charge is 0.302 e. The Labute approximate surface area is 101 Å². The van der Waals surface area contributed by atoms with Crippen molar-refractivity contribution in [1.29, 1.82) is 0 Å². The molecular formula is C14H26N2. The standard InChI is InChI=1S/C14H26N2/c1-4-8-14(5-2)13-16-10-7-9-15(6-3)11-12-16/h4-5,8H,6-7,9-13H2,1-3H3/b8-4-,14-5+. The van der Waals surface area contributed by atoms with Gasteiger partial charge in [-0.1, -0.05) is 25.2 Å². The second-order valence-corrected chi connectivity index (χ2v) is 4.43. The fourth-order valence-electron chi connectivity index (χ4n) is 2.21. The molecule has 0 aromatic rings. The molecule has 1 aliphatic rings. The van der Waals surface area contributed by atoms with Gasteiger partial charge in [0.15, 0.2) is 0 Å². The van der Waals surface area contributed by atoms with E-state index in [1.165, 1.54) is 44.7 Å². The van der Waals surface area contributed by atoms with Gasteiger partial charge in [0.25, 0.3) is 0 Å². The number of hydrogen-bond donors (Lipinski definition) is 0. The molecule has 0 aromatic heterocycles. The van der Waals surface area contributed by atoms with Crippen molar-refractivity contribution in [3.05, 3.63) is 23.8 Å². The smallest absolute Gasteiger partial charge is 0.0230 e. The molecule has 0 aromatic carbocycles. The lowest BCUT2D eigenvalue weighted by Crippen LogP contribution is -2.31. The van der Waals surface area contributed by atoms with Crippen molar-refractivity contribution in [2.75, 3.05) is 39.3 Å². The predicted octanol–water partition coefficient (Wildman–Crippen LogP) is 2.54. The molecule has 2 heteroatoms. The Bertz CT molecular complexity index is 243. The molecule has 0 atom stereocenters. The van der Waals surface area contributed by atoms with Crippen LogP contribution in [0.4, 0.5) is 0 Å². The fourth-order valence-corrected chi connectivity index (χ4v) is 2.21. The molecule has 0 saturated carbocycles. The van der Waals surface area contributed by atoms with Crippen molar-refractivity contribution in [3.63, 3.8) is 0 Å². The van der Waals surface area contributed by atoms with E-state index in [2.05, 4.69) is 48.8 Å². The monoisotopic (exact) mass is 222 g/mol. The summed E-state index contributed by atoms with van der Waals surface area (Å²) in [5.41, 5.74) is 1.44. The van der Waals surface area contributed by atoms with Gasteiger partial charge in [-0.25, -0.2) is 0 Å². The summed E-state index contributed by atoms with van der Waals surface area (Å²) >= 11 is 0. The van der Waals surface area contributed by atoms with E-state index in [0.717, 1.165) is 6.54 Å².